The van der Waals surface area contributed by atoms with E-state index in [1.54, 1.807) is 13.1 Å². The van der Waals surface area contributed by atoms with Crippen LogP contribution in [0.3, 0.4) is 0 Å². The van der Waals surface area contributed by atoms with Crippen LogP contribution < -0.4 is 11.2 Å². The summed E-state index contributed by atoms with van der Waals surface area (Å²) in [5.41, 5.74) is 1.49. The predicted octanol–water partition coefficient (Wildman–Crippen LogP) is 13.7. The van der Waals surface area contributed by atoms with Gasteiger partial charge in [-0.2, -0.15) is 0 Å². The van der Waals surface area contributed by atoms with E-state index in [1.807, 2.05) is 0 Å². The highest BCUT2D eigenvalue weighted by atomic mass is 16.5. The second-order valence-corrected chi connectivity index (χ2v) is 33.5. The van der Waals surface area contributed by atoms with Crippen LogP contribution in [0.25, 0.3) is 0 Å². The number of nitrogens with zero attached hydrogens (tertiary/aromatic N) is 2. The van der Waals surface area contributed by atoms with Crippen molar-refractivity contribution in [2.45, 2.75) is 258 Å². The van der Waals surface area contributed by atoms with Crippen LogP contribution in [0.15, 0.2) is 39.1 Å². The molecule has 2 N–H and O–H groups in total. The van der Waals surface area contributed by atoms with Gasteiger partial charge < -0.3 is 19.7 Å². The van der Waals surface area contributed by atoms with Gasteiger partial charge >= 0.3 is 17.6 Å². The van der Waals surface area contributed by atoms with Gasteiger partial charge in [-0.1, -0.05) is 120 Å². The molecular formula is C69H106N2O8. The third kappa shape index (κ3) is 8.04. The molecule has 0 bridgehead atoms. The largest absolute Gasteiger partial charge is 0.463 e. The molecule has 11 rings (SSSR count). The smallest absolute Gasteiger partial charge is 0.331 e. The van der Waals surface area contributed by atoms with Crippen LogP contribution in [-0.2, 0) is 32.2 Å². The van der Waals surface area contributed by atoms with E-state index in [4.69, 9.17) is 9.47 Å². The zero-order valence-electron chi connectivity index (χ0n) is 52.1. The van der Waals surface area contributed by atoms with Crippen molar-refractivity contribution in [1.82, 2.24) is 9.13 Å². The zero-order chi connectivity index (χ0) is 57.3. The van der Waals surface area contributed by atoms with Crippen LogP contribution in [-0.4, -0.2) is 56.7 Å². The summed E-state index contributed by atoms with van der Waals surface area (Å²) in [7, 11) is 0. The first kappa shape index (κ1) is 57.8. The Morgan fingerprint density at radius 2 is 0.937 bits per heavy atom. The van der Waals surface area contributed by atoms with Gasteiger partial charge in [-0.05, 0) is 225 Å². The van der Waals surface area contributed by atoms with Crippen molar-refractivity contribution >= 4 is 11.9 Å². The Bertz CT molecular complexity index is 2830. The molecule has 8 saturated carbocycles. The van der Waals surface area contributed by atoms with E-state index >= 15 is 0 Å². The minimum absolute atomic E-state index is 0.0243. The van der Waals surface area contributed by atoms with Crippen molar-refractivity contribution in [1.29, 1.82) is 0 Å². The van der Waals surface area contributed by atoms with Crippen LogP contribution in [0, 0.1) is 107 Å². The Hall–Kier alpha value is -2.98. The molecule has 440 valence electrons. The van der Waals surface area contributed by atoms with Crippen molar-refractivity contribution in [3.05, 3.63) is 55.9 Å². The van der Waals surface area contributed by atoms with Crippen LogP contribution in [0.2, 0.25) is 0 Å². The number of esters is 2. The summed E-state index contributed by atoms with van der Waals surface area (Å²) in [5, 5.41) is 22.5. The highest BCUT2D eigenvalue weighted by molar-refractivity contribution is 5.79. The summed E-state index contributed by atoms with van der Waals surface area (Å²) in [6.07, 6.45) is 25.4. The molecule has 10 aliphatic carbocycles. The third-order valence-electron chi connectivity index (χ3n) is 28.6. The average Bonchev–Trinajstić information content (AvgIpc) is 2.81. The van der Waals surface area contributed by atoms with Gasteiger partial charge in [-0.15, -0.1) is 0 Å². The van der Waals surface area contributed by atoms with E-state index < -0.39 is 22.1 Å². The molecule has 1 aromatic heterocycles. The number of carbonyl (C=O) groups excluding carboxylic acids is 2. The Morgan fingerprint density at radius 1 is 0.532 bits per heavy atom. The summed E-state index contributed by atoms with van der Waals surface area (Å²) < 4.78 is 15.5. The van der Waals surface area contributed by atoms with Gasteiger partial charge in [0.05, 0.1) is 36.1 Å². The molecule has 79 heavy (non-hydrogen) atoms. The van der Waals surface area contributed by atoms with Gasteiger partial charge in [0.25, 0.3) is 5.56 Å². The van der Waals surface area contributed by atoms with Crippen molar-refractivity contribution < 1.29 is 29.3 Å². The third-order valence-corrected chi connectivity index (χ3v) is 28.6. The molecule has 0 radical (unpaired) electrons. The van der Waals surface area contributed by atoms with Crippen LogP contribution in [0.5, 0.6) is 0 Å². The number of aliphatic hydroxyl groups excluding tert-OH is 2. The highest BCUT2D eigenvalue weighted by Gasteiger charge is 2.72. The molecule has 0 unspecified atom stereocenters. The molecule has 1 heterocycles. The number of hydrogen-bond donors (Lipinski definition) is 2. The SMILES string of the molecule is Cc1cn(CCOC(=O)[C@]23CCC(C)(C)C[C@H]2C2=CC[C@@H]4[C@@]5(C)CC[C@H](O)C(C)(C)[C@@H]5CC[C@@]4(C)[C@]2(C)CC3)c(=O)n(CCOC(=O)[C@]23CCC(C)(C)C[C@H]2C2=CC[C@@H]4[C@@]5(C)CC[C@H](O)C(C)(C)[C@@H]5CC[C@@]4(C)[C@]2(C)CC3)c1=O. The molecule has 1 aromatic rings. The lowest BCUT2D eigenvalue weighted by Crippen LogP contribution is -2.65. The molecule has 16 atom stereocenters. The summed E-state index contributed by atoms with van der Waals surface area (Å²) in [4.78, 5) is 58.0. The molecular weight excluding hydrogens is 985 g/mol. The Morgan fingerprint density at radius 3 is 1.37 bits per heavy atom. The summed E-state index contributed by atoms with van der Waals surface area (Å²) in [6.45, 7) is 35.7. The molecule has 0 saturated heterocycles. The van der Waals surface area contributed by atoms with Gasteiger partial charge in [-0.3, -0.25) is 23.5 Å². The standard InChI is InChI=1S/C69H106N2O8/c1-43-42-70(36-38-78-55(75)68-32-28-58(2,3)40-46(68)44-16-18-50-62(10)24-22-52(72)60(6,7)48(62)20-26-66(50,14)64(44,12)30-34-68)57(77)71(54(43)74)37-39-79-56(76)69-33-29-59(4,5)41-47(69)45-17-19-51-63(11)25-23-53(73)61(8,9)49(63)21-27-67(51,15)65(45,13)31-35-69/h16-17,42,46-53,72-73H,18-41H2,1-15H3/t46-,47-,48-,49-,50+,51+,52-,53-,62-,63-,64+,65+,66+,67+,68-,69-/m0/s1. The van der Waals surface area contributed by atoms with E-state index in [2.05, 4.69) is 109 Å². The molecule has 10 nitrogen and oxygen atoms in total. The molecule has 0 aromatic carbocycles. The number of carbonyl (C=O) groups is 2. The molecule has 0 spiro atoms. The number of aliphatic hydroxyl groups is 2. The van der Waals surface area contributed by atoms with Crippen LogP contribution >= 0.6 is 0 Å². The molecule has 0 amide bonds. The minimum atomic E-state index is -0.656. The summed E-state index contributed by atoms with van der Waals surface area (Å²) in [6, 6.07) is 0. The van der Waals surface area contributed by atoms with Gasteiger partial charge in [0, 0.05) is 11.8 Å². The minimum Gasteiger partial charge on any atom is -0.463 e. The monoisotopic (exact) mass is 1090 g/mol. The average molecular weight is 1090 g/mol. The van der Waals surface area contributed by atoms with Gasteiger partial charge in [0.15, 0.2) is 0 Å². The number of aromatic nitrogens is 2. The fourth-order valence-electron chi connectivity index (χ4n) is 23.1. The Labute approximate surface area is 475 Å². The van der Waals surface area contributed by atoms with E-state index in [0.29, 0.717) is 29.2 Å². The Kier molecular flexibility index (Phi) is 13.5. The van der Waals surface area contributed by atoms with E-state index in [9.17, 15) is 29.4 Å². The second-order valence-electron chi connectivity index (χ2n) is 33.5. The van der Waals surface area contributed by atoms with Gasteiger partial charge in [0.1, 0.15) is 13.2 Å². The van der Waals surface area contributed by atoms with Crippen LogP contribution in [0.4, 0.5) is 0 Å². The van der Waals surface area contributed by atoms with E-state index in [-0.39, 0.29) is 116 Å². The number of fused-ring (bicyclic) bond motifs is 14. The maximum atomic E-state index is 15.0. The quantitative estimate of drug-likeness (QED) is 0.194. The summed E-state index contributed by atoms with van der Waals surface area (Å²) >= 11 is 0. The molecule has 10 aliphatic rings. The number of aryl methyl sites for hydroxylation is 1. The van der Waals surface area contributed by atoms with Crippen LogP contribution in [0.1, 0.15) is 231 Å². The normalized spacial score (nSPS) is 45.9. The fourth-order valence-corrected chi connectivity index (χ4v) is 23.1. The van der Waals surface area contributed by atoms with Crippen molar-refractivity contribution in [2.75, 3.05) is 13.2 Å². The first-order chi connectivity index (χ1) is 36.6. The molecule has 0 aliphatic heterocycles. The molecule has 8 fully saturated rings. The first-order valence-electron chi connectivity index (χ1n) is 32.1. The Balaban J connectivity index is 0.782. The topological polar surface area (TPSA) is 137 Å². The lowest BCUT2D eigenvalue weighted by Gasteiger charge is -2.71. The fraction of sp³-hybridized carbons (Fsp3) is 0.855. The van der Waals surface area contributed by atoms with Crippen molar-refractivity contribution in [2.24, 2.45) is 100 Å². The number of rotatable bonds is 8. The summed E-state index contributed by atoms with van der Waals surface area (Å²) in [5.74, 6) is 1.79. The second kappa shape index (κ2) is 18.5. The van der Waals surface area contributed by atoms with E-state index in [0.717, 1.165) is 128 Å². The number of allylic oxidation sites excluding steroid dienone is 4. The number of hydrogen-bond acceptors (Lipinski definition) is 8. The lowest BCUT2D eigenvalue weighted by molar-refractivity contribution is -0.206. The van der Waals surface area contributed by atoms with Crippen molar-refractivity contribution in [3.8, 4) is 0 Å². The van der Waals surface area contributed by atoms with Gasteiger partial charge in [-0.25, -0.2) is 4.79 Å². The molecule has 10 heteroatoms. The maximum Gasteiger partial charge on any atom is 0.331 e. The van der Waals surface area contributed by atoms with Gasteiger partial charge in [0.2, 0.25) is 0 Å². The lowest BCUT2D eigenvalue weighted by atomic mass is 9.33. The highest BCUT2D eigenvalue weighted by Crippen LogP contribution is 2.78. The van der Waals surface area contributed by atoms with E-state index in [1.165, 1.54) is 20.3 Å². The zero-order valence-corrected chi connectivity index (χ0v) is 52.1. The predicted molar refractivity (Wildman–Crippen MR) is 312 cm³/mol. The van der Waals surface area contributed by atoms with Crippen molar-refractivity contribution in [3.63, 3.8) is 0 Å². The number of ether oxygens (including phenoxy) is 2. The first-order valence-corrected chi connectivity index (χ1v) is 32.1. The maximum absolute atomic E-state index is 15.0.